The molecule has 3 heteroatoms. The molecular formula is C12H12O3. The highest BCUT2D eigenvalue weighted by atomic mass is 16.5. The molecule has 0 atom stereocenters. The van der Waals surface area contributed by atoms with Gasteiger partial charge in [0.2, 0.25) is 0 Å². The average Bonchev–Trinajstić information content (AvgIpc) is 2.27. The SMILES string of the molecule is C#CCC(=O)OCc1ccc(OC)cc1. The highest BCUT2D eigenvalue weighted by Crippen LogP contribution is 2.11. The molecule has 0 bridgehead atoms. The molecule has 0 heterocycles. The lowest BCUT2D eigenvalue weighted by atomic mass is 10.2. The molecule has 0 aliphatic heterocycles. The van der Waals surface area contributed by atoms with Gasteiger partial charge in [0.05, 0.1) is 7.11 Å². The Morgan fingerprint density at radius 3 is 2.60 bits per heavy atom. The molecule has 1 aromatic carbocycles. The van der Waals surface area contributed by atoms with E-state index in [-0.39, 0.29) is 19.0 Å². The van der Waals surface area contributed by atoms with E-state index in [1.165, 1.54) is 0 Å². The lowest BCUT2D eigenvalue weighted by molar-refractivity contribution is -0.143. The molecule has 0 radical (unpaired) electrons. The van der Waals surface area contributed by atoms with Gasteiger partial charge in [-0.1, -0.05) is 18.1 Å². The molecule has 1 rings (SSSR count). The van der Waals surface area contributed by atoms with Crippen LogP contribution in [0.3, 0.4) is 0 Å². The number of ether oxygens (including phenoxy) is 2. The van der Waals surface area contributed by atoms with Crippen molar-refractivity contribution in [1.82, 2.24) is 0 Å². The van der Waals surface area contributed by atoms with Gasteiger partial charge in [0.25, 0.3) is 0 Å². The van der Waals surface area contributed by atoms with Crippen molar-refractivity contribution in [1.29, 1.82) is 0 Å². The minimum absolute atomic E-state index is 0.0101. The summed E-state index contributed by atoms with van der Waals surface area (Å²) < 4.78 is 9.92. The fourth-order valence-corrected chi connectivity index (χ4v) is 1.02. The zero-order valence-corrected chi connectivity index (χ0v) is 8.53. The summed E-state index contributed by atoms with van der Waals surface area (Å²) in [7, 11) is 1.60. The second-order valence-electron chi connectivity index (χ2n) is 2.89. The van der Waals surface area contributed by atoms with Crippen molar-refractivity contribution in [2.24, 2.45) is 0 Å². The standard InChI is InChI=1S/C12H12O3/c1-3-4-12(13)15-9-10-5-7-11(14-2)8-6-10/h1,5-8H,4,9H2,2H3. The topological polar surface area (TPSA) is 35.5 Å². The monoisotopic (exact) mass is 204 g/mol. The van der Waals surface area contributed by atoms with Gasteiger partial charge in [0.1, 0.15) is 18.8 Å². The molecule has 0 aromatic heterocycles. The van der Waals surface area contributed by atoms with Gasteiger partial charge in [-0.3, -0.25) is 4.79 Å². The first-order valence-electron chi connectivity index (χ1n) is 4.48. The van der Waals surface area contributed by atoms with Crippen molar-refractivity contribution in [3.05, 3.63) is 29.8 Å². The molecule has 15 heavy (non-hydrogen) atoms. The van der Waals surface area contributed by atoms with E-state index in [1.807, 2.05) is 24.3 Å². The second kappa shape index (κ2) is 5.71. The van der Waals surface area contributed by atoms with Crippen LogP contribution in [0.2, 0.25) is 0 Å². The zero-order chi connectivity index (χ0) is 11.1. The van der Waals surface area contributed by atoms with Crippen molar-refractivity contribution in [2.75, 3.05) is 7.11 Å². The first kappa shape index (κ1) is 11.1. The van der Waals surface area contributed by atoms with Gasteiger partial charge >= 0.3 is 5.97 Å². The van der Waals surface area contributed by atoms with Crippen LogP contribution >= 0.6 is 0 Å². The molecule has 0 N–H and O–H groups in total. The maximum absolute atomic E-state index is 11.0. The second-order valence-corrected chi connectivity index (χ2v) is 2.89. The van der Waals surface area contributed by atoms with Crippen LogP contribution in [0.15, 0.2) is 24.3 Å². The van der Waals surface area contributed by atoms with Crippen LogP contribution in [0.1, 0.15) is 12.0 Å². The van der Waals surface area contributed by atoms with E-state index < -0.39 is 0 Å². The Labute approximate surface area is 89.0 Å². The van der Waals surface area contributed by atoms with Gasteiger partial charge in [-0.25, -0.2) is 0 Å². The van der Waals surface area contributed by atoms with Crippen molar-refractivity contribution in [3.8, 4) is 18.1 Å². The van der Waals surface area contributed by atoms with E-state index >= 15 is 0 Å². The predicted octanol–water partition coefficient (Wildman–Crippen LogP) is 1.76. The minimum Gasteiger partial charge on any atom is -0.497 e. The molecule has 0 saturated carbocycles. The molecule has 0 aliphatic carbocycles. The summed E-state index contributed by atoms with van der Waals surface area (Å²) >= 11 is 0. The van der Waals surface area contributed by atoms with Gasteiger partial charge in [0.15, 0.2) is 0 Å². The van der Waals surface area contributed by atoms with Crippen LogP contribution in [0, 0.1) is 12.3 Å². The quantitative estimate of drug-likeness (QED) is 0.553. The summed E-state index contributed by atoms with van der Waals surface area (Å²) in [6.07, 6.45) is 4.98. The highest BCUT2D eigenvalue weighted by molar-refractivity contribution is 5.72. The Hall–Kier alpha value is -1.95. The molecule has 0 spiro atoms. The lowest BCUT2D eigenvalue weighted by Crippen LogP contribution is -2.02. The normalized spacial score (nSPS) is 9.07. The smallest absolute Gasteiger partial charge is 0.318 e. The minimum atomic E-state index is -0.381. The summed E-state index contributed by atoms with van der Waals surface area (Å²) in [4.78, 5) is 11.0. The Bertz CT molecular complexity index is 359. The summed E-state index contributed by atoms with van der Waals surface area (Å²) in [5.74, 6) is 2.62. The van der Waals surface area contributed by atoms with E-state index in [1.54, 1.807) is 7.11 Å². The predicted molar refractivity (Wildman–Crippen MR) is 56.2 cm³/mol. The van der Waals surface area contributed by atoms with Crippen LogP contribution in [-0.4, -0.2) is 13.1 Å². The maximum atomic E-state index is 11.0. The fraction of sp³-hybridized carbons (Fsp3) is 0.250. The summed E-state index contributed by atoms with van der Waals surface area (Å²) in [5, 5.41) is 0. The molecule has 3 nitrogen and oxygen atoms in total. The number of methoxy groups -OCH3 is 1. The number of benzene rings is 1. The summed E-state index contributed by atoms with van der Waals surface area (Å²) in [6.45, 7) is 0.241. The number of hydrogen-bond acceptors (Lipinski definition) is 3. The third-order valence-corrected chi connectivity index (χ3v) is 1.81. The molecule has 78 valence electrons. The van der Waals surface area contributed by atoms with Crippen LogP contribution < -0.4 is 4.74 Å². The number of hydrogen-bond donors (Lipinski definition) is 0. The van der Waals surface area contributed by atoms with Gasteiger partial charge in [-0.15, -0.1) is 6.42 Å². The first-order valence-corrected chi connectivity index (χ1v) is 4.48. The molecule has 0 unspecified atom stereocenters. The number of rotatable bonds is 4. The van der Waals surface area contributed by atoms with Crippen molar-refractivity contribution < 1.29 is 14.3 Å². The Morgan fingerprint density at radius 2 is 2.07 bits per heavy atom. The molecule has 0 amide bonds. The van der Waals surface area contributed by atoms with Gasteiger partial charge < -0.3 is 9.47 Å². The Morgan fingerprint density at radius 1 is 1.40 bits per heavy atom. The molecule has 0 fully saturated rings. The van der Waals surface area contributed by atoms with E-state index in [4.69, 9.17) is 15.9 Å². The van der Waals surface area contributed by atoms with Crippen LogP contribution in [0.25, 0.3) is 0 Å². The van der Waals surface area contributed by atoms with E-state index in [2.05, 4.69) is 5.92 Å². The van der Waals surface area contributed by atoms with Crippen molar-refractivity contribution >= 4 is 5.97 Å². The van der Waals surface area contributed by atoms with E-state index in [0.717, 1.165) is 11.3 Å². The van der Waals surface area contributed by atoms with Crippen LogP contribution in [0.4, 0.5) is 0 Å². The Kier molecular flexibility index (Phi) is 4.24. The first-order chi connectivity index (χ1) is 7.26. The van der Waals surface area contributed by atoms with Gasteiger partial charge in [0, 0.05) is 0 Å². The highest BCUT2D eigenvalue weighted by Gasteiger charge is 2.00. The molecule has 1 aromatic rings. The molecular weight excluding hydrogens is 192 g/mol. The maximum Gasteiger partial charge on any atom is 0.318 e. The zero-order valence-electron chi connectivity index (χ0n) is 8.53. The summed E-state index contributed by atoms with van der Waals surface area (Å²) in [5.41, 5.74) is 0.904. The number of carbonyl (C=O) groups is 1. The van der Waals surface area contributed by atoms with E-state index in [0.29, 0.717) is 0 Å². The average molecular weight is 204 g/mol. The fourth-order valence-electron chi connectivity index (χ4n) is 1.02. The summed E-state index contributed by atoms with van der Waals surface area (Å²) in [6, 6.07) is 7.29. The third-order valence-electron chi connectivity index (χ3n) is 1.81. The number of terminal acetylenes is 1. The van der Waals surface area contributed by atoms with Gasteiger partial charge in [-0.2, -0.15) is 0 Å². The lowest BCUT2D eigenvalue weighted by Gasteiger charge is -2.04. The van der Waals surface area contributed by atoms with Gasteiger partial charge in [-0.05, 0) is 17.7 Å². The molecule has 0 saturated heterocycles. The largest absolute Gasteiger partial charge is 0.497 e. The molecule has 0 aliphatic rings. The van der Waals surface area contributed by atoms with Crippen LogP contribution in [0.5, 0.6) is 5.75 Å². The van der Waals surface area contributed by atoms with E-state index in [9.17, 15) is 4.79 Å². The van der Waals surface area contributed by atoms with Crippen LogP contribution in [-0.2, 0) is 16.1 Å². The number of esters is 1. The Balaban J connectivity index is 2.45. The van der Waals surface area contributed by atoms with Crippen molar-refractivity contribution in [3.63, 3.8) is 0 Å². The van der Waals surface area contributed by atoms with Crippen molar-refractivity contribution in [2.45, 2.75) is 13.0 Å². The number of carbonyl (C=O) groups excluding carboxylic acids is 1. The third kappa shape index (κ3) is 3.74.